The molecule has 1 aliphatic heterocycles. The Labute approximate surface area is 95.1 Å². The molecule has 1 fully saturated rings. The van der Waals surface area contributed by atoms with E-state index >= 15 is 0 Å². The van der Waals surface area contributed by atoms with E-state index in [-0.39, 0.29) is 6.61 Å². The van der Waals surface area contributed by atoms with Crippen molar-refractivity contribution < 1.29 is 9.84 Å². The number of anilines is 1. The van der Waals surface area contributed by atoms with Crippen LogP contribution < -0.4 is 9.64 Å². The van der Waals surface area contributed by atoms with Crippen molar-refractivity contribution in [3.8, 4) is 5.75 Å². The van der Waals surface area contributed by atoms with Gasteiger partial charge in [-0.3, -0.25) is 0 Å². The van der Waals surface area contributed by atoms with Gasteiger partial charge in [0.25, 0.3) is 0 Å². The molecule has 2 heterocycles. The molecule has 1 aromatic rings. The number of rotatable bonds is 3. The minimum Gasteiger partial charge on any atom is -0.494 e. The SMILES string of the molecule is COc1cnc(N2CCC(CO)CC2)nc1. The van der Waals surface area contributed by atoms with Crippen LogP contribution in [0.5, 0.6) is 5.75 Å². The quantitative estimate of drug-likeness (QED) is 0.817. The van der Waals surface area contributed by atoms with Gasteiger partial charge in [-0.1, -0.05) is 0 Å². The van der Waals surface area contributed by atoms with Crippen LogP contribution in [0.25, 0.3) is 0 Å². The smallest absolute Gasteiger partial charge is 0.225 e. The number of aliphatic hydroxyl groups excluding tert-OH is 1. The third-order valence-electron chi connectivity index (χ3n) is 3.01. The molecule has 0 bridgehead atoms. The third-order valence-corrected chi connectivity index (χ3v) is 3.01. The van der Waals surface area contributed by atoms with Crippen LogP contribution >= 0.6 is 0 Å². The molecule has 0 aliphatic carbocycles. The molecule has 2 rings (SSSR count). The van der Waals surface area contributed by atoms with Gasteiger partial charge in [-0.25, -0.2) is 9.97 Å². The zero-order valence-corrected chi connectivity index (χ0v) is 9.46. The van der Waals surface area contributed by atoms with Crippen molar-refractivity contribution in [3.63, 3.8) is 0 Å². The van der Waals surface area contributed by atoms with Gasteiger partial charge in [0.2, 0.25) is 5.95 Å². The molecule has 16 heavy (non-hydrogen) atoms. The highest BCUT2D eigenvalue weighted by molar-refractivity contribution is 5.31. The summed E-state index contributed by atoms with van der Waals surface area (Å²) >= 11 is 0. The first-order valence-electron chi connectivity index (χ1n) is 5.55. The lowest BCUT2D eigenvalue weighted by molar-refractivity contribution is 0.202. The Kier molecular flexibility index (Phi) is 3.56. The van der Waals surface area contributed by atoms with Gasteiger partial charge in [-0.15, -0.1) is 0 Å². The average Bonchev–Trinajstić information content (AvgIpc) is 2.39. The van der Waals surface area contributed by atoms with Crippen LogP contribution in [0.2, 0.25) is 0 Å². The summed E-state index contributed by atoms with van der Waals surface area (Å²) in [6.07, 6.45) is 5.37. The highest BCUT2D eigenvalue weighted by Crippen LogP contribution is 2.20. The minimum atomic E-state index is 0.289. The maximum atomic E-state index is 9.05. The van der Waals surface area contributed by atoms with E-state index in [0.29, 0.717) is 11.7 Å². The second kappa shape index (κ2) is 5.12. The first-order chi connectivity index (χ1) is 7.83. The van der Waals surface area contributed by atoms with Crippen molar-refractivity contribution in [2.24, 2.45) is 5.92 Å². The molecular weight excluding hydrogens is 206 g/mol. The van der Waals surface area contributed by atoms with Crippen molar-refractivity contribution in [1.29, 1.82) is 0 Å². The normalized spacial score (nSPS) is 17.5. The van der Waals surface area contributed by atoms with Crippen LogP contribution in [0.15, 0.2) is 12.4 Å². The van der Waals surface area contributed by atoms with E-state index in [4.69, 9.17) is 9.84 Å². The van der Waals surface area contributed by atoms with Crippen molar-refractivity contribution in [2.45, 2.75) is 12.8 Å². The van der Waals surface area contributed by atoms with E-state index < -0.39 is 0 Å². The molecule has 0 saturated carbocycles. The Bertz CT molecular complexity index is 321. The number of methoxy groups -OCH3 is 1. The number of nitrogens with zero attached hydrogens (tertiary/aromatic N) is 3. The Morgan fingerprint density at radius 1 is 1.38 bits per heavy atom. The molecule has 0 atom stereocenters. The molecule has 5 heteroatoms. The minimum absolute atomic E-state index is 0.289. The molecule has 0 unspecified atom stereocenters. The largest absolute Gasteiger partial charge is 0.494 e. The Balaban J connectivity index is 1.97. The van der Waals surface area contributed by atoms with Crippen molar-refractivity contribution in [2.75, 3.05) is 31.7 Å². The molecule has 1 aromatic heterocycles. The molecule has 1 saturated heterocycles. The second-order valence-electron chi connectivity index (χ2n) is 4.04. The maximum absolute atomic E-state index is 9.05. The maximum Gasteiger partial charge on any atom is 0.225 e. The zero-order valence-electron chi connectivity index (χ0n) is 9.46. The predicted octanol–water partition coefficient (Wildman–Crippen LogP) is 0.694. The number of piperidine rings is 1. The first-order valence-corrected chi connectivity index (χ1v) is 5.55. The lowest BCUT2D eigenvalue weighted by atomic mass is 9.98. The molecular formula is C11H17N3O2. The number of hydrogen-bond donors (Lipinski definition) is 1. The zero-order chi connectivity index (χ0) is 11.4. The lowest BCUT2D eigenvalue weighted by Crippen LogP contribution is -2.35. The van der Waals surface area contributed by atoms with E-state index in [9.17, 15) is 0 Å². The summed E-state index contributed by atoms with van der Waals surface area (Å²) in [5.41, 5.74) is 0. The molecule has 1 aliphatic rings. The van der Waals surface area contributed by atoms with Gasteiger partial charge in [0.1, 0.15) is 0 Å². The average molecular weight is 223 g/mol. The van der Waals surface area contributed by atoms with E-state index in [1.807, 2.05) is 0 Å². The van der Waals surface area contributed by atoms with Crippen molar-refractivity contribution >= 4 is 5.95 Å². The summed E-state index contributed by atoms with van der Waals surface area (Å²) in [6, 6.07) is 0. The Hall–Kier alpha value is -1.36. The molecule has 1 N–H and O–H groups in total. The first kappa shape index (κ1) is 11.1. The van der Waals surface area contributed by atoms with Crippen LogP contribution in [0.4, 0.5) is 5.95 Å². The number of hydrogen-bond acceptors (Lipinski definition) is 5. The van der Waals surface area contributed by atoms with Crippen molar-refractivity contribution in [3.05, 3.63) is 12.4 Å². The predicted molar refractivity (Wildman–Crippen MR) is 60.6 cm³/mol. The van der Waals surface area contributed by atoms with Crippen LogP contribution in [0.3, 0.4) is 0 Å². The van der Waals surface area contributed by atoms with Gasteiger partial charge in [-0.2, -0.15) is 0 Å². The van der Waals surface area contributed by atoms with Gasteiger partial charge < -0.3 is 14.7 Å². The fourth-order valence-electron chi connectivity index (χ4n) is 1.89. The third kappa shape index (κ3) is 2.41. The summed E-state index contributed by atoms with van der Waals surface area (Å²) in [5, 5.41) is 9.05. The van der Waals surface area contributed by atoms with E-state index in [1.54, 1.807) is 19.5 Å². The van der Waals surface area contributed by atoms with Gasteiger partial charge in [0.05, 0.1) is 19.5 Å². The molecule has 0 radical (unpaired) electrons. The van der Waals surface area contributed by atoms with Gasteiger partial charge in [0.15, 0.2) is 5.75 Å². The highest BCUT2D eigenvalue weighted by atomic mass is 16.5. The Morgan fingerprint density at radius 3 is 2.50 bits per heavy atom. The topological polar surface area (TPSA) is 58.5 Å². The number of aromatic nitrogens is 2. The monoisotopic (exact) mass is 223 g/mol. The summed E-state index contributed by atoms with van der Waals surface area (Å²) in [6.45, 7) is 2.12. The summed E-state index contributed by atoms with van der Waals surface area (Å²) < 4.78 is 5.01. The molecule has 5 nitrogen and oxygen atoms in total. The van der Waals surface area contributed by atoms with E-state index in [1.165, 1.54) is 0 Å². The van der Waals surface area contributed by atoms with Crippen LogP contribution in [0, 0.1) is 5.92 Å². The van der Waals surface area contributed by atoms with Crippen LogP contribution in [-0.4, -0.2) is 41.9 Å². The fourth-order valence-corrected chi connectivity index (χ4v) is 1.89. The summed E-state index contributed by atoms with van der Waals surface area (Å²) in [7, 11) is 1.60. The Morgan fingerprint density at radius 2 is 2.00 bits per heavy atom. The van der Waals surface area contributed by atoms with Crippen LogP contribution in [-0.2, 0) is 0 Å². The van der Waals surface area contributed by atoms with Gasteiger partial charge in [0, 0.05) is 19.7 Å². The molecule has 0 aromatic carbocycles. The number of ether oxygens (including phenoxy) is 1. The number of aliphatic hydroxyl groups is 1. The van der Waals surface area contributed by atoms with E-state index in [0.717, 1.165) is 31.9 Å². The van der Waals surface area contributed by atoms with E-state index in [2.05, 4.69) is 14.9 Å². The second-order valence-corrected chi connectivity index (χ2v) is 4.04. The standard InChI is InChI=1S/C11H17N3O2/c1-16-10-6-12-11(13-7-10)14-4-2-9(8-15)3-5-14/h6-7,9,15H,2-5,8H2,1H3. The highest BCUT2D eigenvalue weighted by Gasteiger charge is 2.20. The lowest BCUT2D eigenvalue weighted by Gasteiger charge is -2.30. The molecule has 88 valence electrons. The fraction of sp³-hybridized carbons (Fsp3) is 0.636. The van der Waals surface area contributed by atoms with Gasteiger partial charge in [-0.05, 0) is 18.8 Å². The summed E-state index contributed by atoms with van der Waals surface area (Å²) in [5.74, 6) is 1.86. The van der Waals surface area contributed by atoms with Gasteiger partial charge >= 0.3 is 0 Å². The van der Waals surface area contributed by atoms with Crippen LogP contribution in [0.1, 0.15) is 12.8 Å². The molecule has 0 amide bonds. The molecule has 0 spiro atoms. The summed E-state index contributed by atoms with van der Waals surface area (Å²) in [4.78, 5) is 10.6. The van der Waals surface area contributed by atoms with Crippen molar-refractivity contribution in [1.82, 2.24) is 9.97 Å².